The first-order valence-electron chi connectivity index (χ1n) is 10.2. The van der Waals surface area contributed by atoms with Crippen molar-refractivity contribution in [2.24, 2.45) is 0 Å². The normalized spacial score (nSPS) is 14.7. The third-order valence-corrected chi connectivity index (χ3v) is 5.33. The summed E-state index contributed by atoms with van der Waals surface area (Å²) in [6.45, 7) is 6.22. The van der Waals surface area contributed by atoms with Gasteiger partial charge < -0.3 is 15.0 Å². The fraction of sp³-hybridized carbons (Fsp3) is 0.435. The Balaban J connectivity index is 1.30. The van der Waals surface area contributed by atoms with Gasteiger partial charge in [0, 0.05) is 38.4 Å². The summed E-state index contributed by atoms with van der Waals surface area (Å²) < 4.78 is 4.58. The number of alkyl carbamates (subject to hydrolysis) is 1. The number of rotatable bonds is 8. The number of para-hydroxylation sites is 1. The average molecular weight is 382 g/mol. The molecule has 150 valence electrons. The molecule has 1 N–H and O–H groups in total. The molecular weight excluding hydrogens is 350 g/mol. The van der Waals surface area contributed by atoms with E-state index in [1.807, 2.05) is 0 Å². The van der Waals surface area contributed by atoms with Crippen molar-refractivity contribution < 1.29 is 9.53 Å². The Kier molecular flexibility index (Phi) is 7.73. The van der Waals surface area contributed by atoms with Crippen LogP contribution in [0.4, 0.5) is 10.5 Å². The molecule has 1 saturated heterocycles. The molecule has 2 aromatic carbocycles. The highest BCUT2D eigenvalue weighted by Crippen LogP contribution is 2.16. The van der Waals surface area contributed by atoms with Crippen LogP contribution in [0, 0.1) is 0 Å². The van der Waals surface area contributed by atoms with Crippen LogP contribution in [0.25, 0.3) is 0 Å². The molecule has 1 amide bonds. The van der Waals surface area contributed by atoms with Crippen LogP contribution >= 0.6 is 0 Å². The number of carbonyl (C=O) groups is 1. The number of hydrogen-bond acceptors (Lipinski definition) is 4. The minimum atomic E-state index is -0.395. The molecule has 5 heteroatoms. The van der Waals surface area contributed by atoms with Gasteiger partial charge in [-0.15, -0.1) is 0 Å². The maximum atomic E-state index is 11.1. The summed E-state index contributed by atoms with van der Waals surface area (Å²) in [6, 6.07) is 19.2. The van der Waals surface area contributed by atoms with Gasteiger partial charge in [0.05, 0.1) is 7.11 Å². The van der Waals surface area contributed by atoms with Gasteiger partial charge in [-0.3, -0.25) is 4.90 Å². The van der Waals surface area contributed by atoms with Crippen molar-refractivity contribution in [2.75, 3.05) is 44.7 Å². The van der Waals surface area contributed by atoms with Crippen LogP contribution in [0.5, 0.6) is 0 Å². The lowest BCUT2D eigenvalue weighted by Crippen LogP contribution is -2.46. The number of methoxy groups -OCH3 is 1. The van der Waals surface area contributed by atoms with Crippen LogP contribution in [0.1, 0.15) is 24.0 Å². The van der Waals surface area contributed by atoms with Gasteiger partial charge in [-0.05, 0) is 49.1 Å². The van der Waals surface area contributed by atoms with Crippen LogP contribution in [0.3, 0.4) is 0 Å². The van der Waals surface area contributed by atoms with E-state index in [2.05, 4.69) is 74.5 Å². The molecule has 0 atom stereocenters. The predicted octanol–water partition coefficient (Wildman–Crippen LogP) is 3.69. The smallest absolute Gasteiger partial charge is 0.407 e. The maximum Gasteiger partial charge on any atom is 0.407 e. The van der Waals surface area contributed by atoms with Crippen molar-refractivity contribution in [1.82, 2.24) is 10.2 Å². The first kappa shape index (κ1) is 20.2. The Morgan fingerprint density at radius 3 is 2.29 bits per heavy atom. The van der Waals surface area contributed by atoms with Crippen LogP contribution in [0.2, 0.25) is 0 Å². The van der Waals surface area contributed by atoms with Gasteiger partial charge >= 0.3 is 6.09 Å². The molecular formula is C23H31N3O2. The minimum Gasteiger partial charge on any atom is -0.453 e. The summed E-state index contributed by atoms with van der Waals surface area (Å²) >= 11 is 0. The highest BCUT2D eigenvalue weighted by Gasteiger charge is 2.16. The van der Waals surface area contributed by atoms with Crippen molar-refractivity contribution in [3.8, 4) is 0 Å². The summed E-state index contributed by atoms with van der Waals surface area (Å²) in [5, 5.41) is 2.70. The maximum absolute atomic E-state index is 11.1. The second-order valence-electron chi connectivity index (χ2n) is 7.28. The number of unbranched alkanes of at least 4 members (excludes halogenated alkanes) is 1. The van der Waals surface area contributed by atoms with Gasteiger partial charge in [-0.1, -0.05) is 42.5 Å². The van der Waals surface area contributed by atoms with Gasteiger partial charge in [0.1, 0.15) is 0 Å². The molecule has 1 fully saturated rings. The van der Waals surface area contributed by atoms with E-state index >= 15 is 0 Å². The molecule has 1 aliphatic rings. The van der Waals surface area contributed by atoms with Crippen molar-refractivity contribution in [3.05, 3.63) is 65.7 Å². The fourth-order valence-corrected chi connectivity index (χ4v) is 3.60. The molecule has 0 bridgehead atoms. The number of amides is 1. The second-order valence-corrected chi connectivity index (χ2v) is 7.28. The summed E-state index contributed by atoms with van der Waals surface area (Å²) in [5.41, 5.74) is 3.79. The number of aryl methyl sites for hydroxylation is 1. The molecule has 3 rings (SSSR count). The van der Waals surface area contributed by atoms with Crippen LogP contribution in [-0.2, 0) is 17.7 Å². The zero-order valence-corrected chi connectivity index (χ0v) is 16.8. The van der Waals surface area contributed by atoms with Gasteiger partial charge in [-0.25, -0.2) is 4.79 Å². The largest absolute Gasteiger partial charge is 0.453 e. The zero-order chi connectivity index (χ0) is 19.6. The number of nitrogens with zero attached hydrogens (tertiary/aromatic N) is 2. The van der Waals surface area contributed by atoms with Crippen LogP contribution < -0.4 is 10.2 Å². The van der Waals surface area contributed by atoms with E-state index in [1.54, 1.807) is 0 Å². The molecule has 1 heterocycles. The summed E-state index contributed by atoms with van der Waals surface area (Å²) in [6.07, 6.45) is 3.15. The van der Waals surface area contributed by atoms with Crippen molar-refractivity contribution in [2.45, 2.75) is 25.8 Å². The number of carbonyl (C=O) groups excluding carboxylic acids is 1. The van der Waals surface area contributed by atoms with E-state index in [-0.39, 0.29) is 0 Å². The first-order chi connectivity index (χ1) is 13.7. The highest BCUT2D eigenvalue weighted by atomic mass is 16.5. The molecule has 0 saturated carbocycles. The lowest BCUT2D eigenvalue weighted by molar-refractivity contribution is 0.170. The van der Waals surface area contributed by atoms with E-state index in [0.717, 1.165) is 38.2 Å². The summed E-state index contributed by atoms with van der Waals surface area (Å²) in [5.74, 6) is 0. The van der Waals surface area contributed by atoms with Crippen molar-refractivity contribution in [1.29, 1.82) is 0 Å². The standard InChI is InChI=1S/C23H31N3O2/c1-28-23(27)24-19-21-12-10-20(11-13-21)7-5-6-14-25-15-17-26(18-16-25)22-8-3-2-4-9-22/h2-4,8-13H,5-7,14-19H2,1H3,(H,24,27). The molecule has 0 aromatic heterocycles. The topological polar surface area (TPSA) is 44.8 Å². The number of nitrogens with one attached hydrogen (secondary N) is 1. The van der Waals surface area contributed by atoms with Crippen LogP contribution in [-0.4, -0.2) is 50.8 Å². The van der Waals surface area contributed by atoms with Gasteiger partial charge in [-0.2, -0.15) is 0 Å². The Morgan fingerprint density at radius 2 is 1.61 bits per heavy atom. The van der Waals surface area contributed by atoms with E-state index in [0.29, 0.717) is 6.54 Å². The number of benzene rings is 2. The lowest BCUT2D eigenvalue weighted by Gasteiger charge is -2.36. The molecule has 5 nitrogen and oxygen atoms in total. The Hall–Kier alpha value is -2.53. The Labute approximate surface area is 168 Å². The molecule has 0 spiro atoms. The number of hydrogen-bond donors (Lipinski definition) is 1. The number of anilines is 1. The third kappa shape index (κ3) is 6.27. The highest BCUT2D eigenvalue weighted by molar-refractivity contribution is 5.66. The quantitative estimate of drug-likeness (QED) is 0.709. The molecule has 0 radical (unpaired) electrons. The first-order valence-corrected chi connectivity index (χ1v) is 10.2. The molecule has 28 heavy (non-hydrogen) atoms. The molecule has 0 unspecified atom stereocenters. The predicted molar refractivity (Wildman–Crippen MR) is 114 cm³/mol. The lowest BCUT2D eigenvalue weighted by atomic mass is 10.1. The van der Waals surface area contributed by atoms with Crippen LogP contribution in [0.15, 0.2) is 54.6 Å². The molecule has 2 aromatic rings. The zero-order valence-electron chi connectivity index (χ0n) is 16.8. The third-order valence-electron chi connectivity index (χ3n) is 5.33. The van der Waals surface area contributed by atoms with E-state index < -0.39 is 6.09 Å². The van der Waals surface area contributed by atoms with E-state index in [9.17, 15) is 4.79 Å². The Bertz CT molecular complexity index is 710. The second kappa shape index (κ2) is 10.7. The van der Waals surface area contributed by atoms with E-state index in [4.69, 9.17) is 0 Å². The van der Waals surface area contributed by atoms with Crippen molar-refractivity contribution in [3.63, 3.8) is 0 Å². The number of piperazine rings is 1. The van der Waals surface area contributed by atoms with E-state index in [1.165, 1.54) is 37.7 Å². The van der Waals surface area contributed by atoms with Gasteiger partial charge in [0.15, 0.2) is 0 Å². The fourth-order valence-electron chi connectivity index (χ4n) is 3.60. The average Bonchev–Trinajstić information content (AvgIpc) is 2.77. The SMILES string of the molecule is COC(=O)NCc1ccc(CCCCN2CCN(c3ccccc3)CC2)cc1. The minimum absolute atomic E-state index is 0.395. The molecule has 0 aliphatic carbocycles. The van der Waals surface area contributed by atoms with Crippen molar-refractivity contribution >= 4 is 11.8 Å². The Morgan fingerprint density at radius 1 is 0.929 bits per heavy atom. The summed E-state index contributed by atoms with van der Waals surface area (Å²) in [7, 11) is 1.38. The van der Waals surface area contributed by atoms with Gasteiger partial charge in [0.25, 0.3) is 0 Å². The van der Waals surface area contributed by atoms with Gasteiger partial charge in [0.2, 0.25) is 0 Å². The number of ether oxygens (including phenoxy) is 1. The molecule has 1 aliphatic heterocycles. The summed E-state index contributed by atoms with van der Waals surface area (Å²) in [4.78, 5) is 16.2. The monoisotopic (exact) mass is 381 g/mol.